The van der Waals surface area contributed by atoms with E-state index in [1.807, 2.05) is 35.2 Å². The zero-order chi connectivity index (χ0) is 17.7. The number of likely N-dealkylation sites (tertiary alicyclic amines) is 2. The first-order valence-corrected chi connectivity index (χ1v) is 8.88. The summed E-state index contributed by atoms with van der Waals surface area (Å²) in [6, 6.07) is 9.63. The Morgan fingerprint density at radius 2 is 2.00 bits per heavy atom. The van der Waals surface area contributed by atoms with Crippen LogP contribution in [0.3, 0.4) is 0 Å². The highest BCUT2D eigenvalue weighted by molar-refractivity contribution is 5.85. The number of hydrogen-bond donors (Lipinski definition) is 0. The number of hydrogen-bond acceptors (Lipinski definition) is 4. The van der Waals surface area contributed by atoms with E-state index < -0.39 is 5.41 Å². The molecule has 0 aliphatic carbocycles. The number of piperidine rings is 1. The van der Waals surface area contributed by atoms with Crippen molar-refractivity contribution in [3.05, 3.63) is 35.9 Å². The molecule has 1 aromatic rings. The largest absolute Gasteiger partial charge is 0.445 e. The number of nitrogens with zero attached hydrogens (tertiary/aromatic N) is 2. The van der Waals surface area contributed by atoms with E-state index in [-0.39, 0.29) is 18.6 Å². The number of carbonyl (C=O) groups excluding carboxylic acids is 2. The maximum absolute atomic E-state index is 12.9. The van der Waals surface area contributed by atoms with Gasteiger partial charge in [0.15, 0.2) is 0 Å². The van der Waals surface area contributed by atoms with E-state index in [2.05, 4.69) is 0 Å². The van der Waals surface area contributed by atoms with E-state index in [4.69, 9.17) is 9.47 Å². The SMILES string of the molecule is COCCN1CCCC2(CCN(C(=O)OCc3ccccc3)C2)C1=O. The summed E-state index contributed by atoms with van der Waals surface area (Å²) in [5.74, 6) is 0.161. The van der Waals surface area contributed by atoms with Crippen molar-refractivity contribution in [1.29, 1.82) is 0 Å². The molecule has 2 saturated heterocycles. The van der Waals surface area contributed by atoms with E-state index in [0.29, 0.717) is 26.2 Å². The summed E-state index contributed by atoms with van der Waals surface area (Å²) in [5.41, 5.74) is 0.529. The predicted molar refractivity (Wildman–Crippen MR) is 92.9 cm³/mol. The highest BCUT2D eigenvalue weighted by Crippen LogP contribution is 2.40. The summed E-state index contributed by atoms with van der Waals surface area (Å²) in [5, 5.41) is 0. The van der Waals surface area contributed by atoms with Crippen LogP contribution in [0.15, 0.2) is 30.3 Å². The van der Waals surface area contributed by atoms with Crippen LogP contribution in [0.1, 0.15) is 24.8 Å². The summed E-state index contributed by atoms with van der Waals surface area (Å²) in [4.78, 5) is 28.8. The number of ether oxygens (including phenoxy) is 2. The lowest BCUT2D eigenvalue weighted by Crippen LogP contribution is -2.51. The molecule has 25 heavy (non-hydrogen) atoms. The van der Waals surface area contributed by atoms with Crippen LogP contribution >= 0.6 is 0 Å². The molecule has 1 spiro atoms. The summed E-state index contributed by atoms with van der Waals surface area (Å²) in [6.07, 6.45) is 2.21. The maximum atomic E-state index is 12.9. The molecule has 1 aromatic carbocycles. The van der Waals surface area contributed by atoms with E-state index in [9.17, 15) is 9.59 Å². The van der Waals surface area contributed by atoms with Crippen LogP contribution in [-0.4, -0.2) is 61.7 Å². The second-order valence-corrected chi connectivity index (χ2v) is 6.88. The van der Waals surface area contributed by atoms with Gasteiger partial charge in [-0.3, -0.25) is 4.79 Å². The zero-order valence-electron chi connectivity index (χ0n) is 14.8. The fourth-order valence-electron chi connectivity index (χ4n) is 3.78. The first kappa shape index (κ1) is 17.7. The van der Waals surface area contributed by atoms with Crippen molar-refractivity contribution < 1.29 is 19.1 Å². The molecule has 3 rings (SSSR count). The molecule has 6 nitrogen and oxygen atoms in total. The topological polar surface area (TPSA) is 59.1 Å². The van der Waals surface area contributed by atoms with Gasteiger partial charge in [-0.1, -0.05) is 30.3 Å². The fraction of sp³-hybridized carbons (Fsp3) is 0.579. The highest BCUT2D eigenvalue weighted by atomic mass is 16.6. The Morgan fingerprint density at radius 1 is 1.20 bits per heavy atom. The highest BCUT2D eigenvalue weighted by Gasteiger charge is 2.49. The molecule has 1 unspecified atom stereocenters. The van der Waals surface area contributed by atoms with Crippen molar-refractivity contribution in [3.8, 4) is 0 Å². The Balaban J connectivity index is 1.56. The minimum atomic E-state index is -0.433. The van der Waals surface area contributed by atoms with E-state index >= 15 is 0 Å². The Morgan fingerprint density at radius 3 is 2.76 bits per heavy atom. The molecule has 0 radical (unpaired) electrons. The molecule has 2 fully saturated rings. The van der Waals surface area contributed by atoms with Gasteiger partial charge in [-0.25, -0.2) is 4.79 Å². The average Bonchev–Trinajstić information content (AvgIpc) is 3.07. The zero-order valence-corrected chi connectivity index (χ0v) is 14.8. The normalized spacial score (nSPS) is 23.3. The maximum Gasteiger partial charge on any atom is 0.410 e. The van der Waals surface area contributed by atoms with Gasteiger partial charge in [-0.05, 0) is 24.8 Å². The molecule has 6 heteroatoms. The Kier molecular flexibility index (Phi) is 5.58. The van der Waals surface area contributed by atoms with Gasteiger partial charge in [0.25, 0.3) is 0 Å². The molecular weight excluding hydrogens is 320 g/mol. The average molecular weight is 346 g/mol. The predicted octanol–water partition coefficient (Wildman–Crippen LogP) is 2.28. The first-order valence-electron chi connectivity index (χ1n) is 8.88. The Bertz CT molecular complexity index is 607. The molecule has 1 atom stereocenters. The lowest BCUT2D eigenvalue weighted by molar-refractivity contribution is -0.146. The van der Waals surface area contributed by atoms with Gasteiger partial charge in [0.05, 0.1) is 12.0 Å². The van der Waals surface area contributed by atoms with Gasteiger partial charge < -0.3 is 19.3 Å². The van der Waals surface area contributed by atoms with Crippen LogP contribution in [0.25, 0.3) is 0 Å². The standard InChI is InChI=1S/C19H26N2O4/c1-24-13-12-20-10-5-8-19(17(20)22)9-11-21(15-19)18(23)25-14-16-6-3-2-4-7-16/h2-4,6-7H,5,8-15H2,1H3. The molecule has 0 saturated carbocycles. The molecule has 2 aliphatic heterocycles. The number of amides is 2. The molecule has 2 amide bonds. The van der Waals surface area contributed by atoms with Crippen molar-refractivity contribution >= 4 is 12.0 Å². The number of benzene rings is 1. The van der Waals surface area contributed by atoms with Crippen LogP contribution in [0.5, 0.6) is 0 Å². The van der Waals surface area contributed by atoms with Crippen LogP contribution in [0, 0.1) is 5.41 Å². The minimum Gasteiger partial charge on any atom is -0.445 e. The molecule has 2 aliphatic rings. The Hall–Kier alpha value is -2.08. The Labute approximate surface area is 148 Å². The van der Waals surface area contributed by atoms with Crippen LogP contribution in [-0.2, 0) is 20.9 Å². The smallest absolute Gasteiger partial charge is 0.410 e. The van der Waals surface area contributed by atoms with Crippen molar-refractivity contribution in [2.45, 2.75) is 25.9 Å². The van der Waals surface area contributed by atoms with E-state index in [1.165, 1.54) is 0 Å². The first-order chi connectivity index (χ1) is 12.1. The van der Waals surface area contributed by atoms with Crippen molar-refractivity contribution in [2.24, 2.45) is 5.41 Å². The number of methoxy groups -OCH3 is 1. The molecule has 0 aromatic heterocycles. The number of rotatable bonds is 5. The van der Waals surface area contributed by atoms with Crippen LogP contribution < -0.4 is 0 Å². The van der Waals surface area contributed by atoms with Crippen LogP contribution in [0.2, 0.25) is 0 Å². The van der Waals surface area contributed by atoms with E-state index in [0.717, 1.165) is 31.4 Å². The molecule has 0 bridgehead atoms. The lowest BCUT2D eigenvalue weighted by Gasteiger charge is -2.39. The van der Waals surface area contributed by atoms with Crippen molar-refractivity contribution in [1.82, 2.24) is 9.80 Å². The fourth-order valence-corrected chi connectivity index (χ4v) is 3.78. The third kappa shape index (κ3) is 3.95. The molecular formula is C19H26N2O4. The minimum absolute atomic E-state index is 0.161. The van der Waals surface area contributed by atoms with Crippen LogP contribution in [0.4, 0.5) is 4.79 Å². The van der Waals surface area contributed by atoms with Crippen molar-refractivity contribution in [2.75, 3.05) is 39.9 Å². The van der Waals surface area contributed by atoms with E-state index in [1.54, 1.807) is 12.0 Å². The molecule has 2 heterocycles. The monoisotopic (exact) mass is 346 g/mol. The van der Waals surface area contributed by atoms with Gasteiger partial charge in [0, 0.05) is 33.3 Å². The molecule has 136 valence electrons. The van der Waals surface area contributed by atoms with Gasteiger partial charge in [0.2, 0.25) is 5.91 Å². The van der Waals surface area contributed by atoms with Gasteiger partial charge in [-0.2, -0.15) is 0 Å². The second kappa shape index (κ2) is 7.87. The summed E-state index contributed by atoms with van der Waals surface area (Å²) >= 11 is 0. The van der Waals surface area contributed by atoms with Gasteiger partial charge >= 0.3 is 6.09 Å². The third-order valence-corrected chi connectivity index (χ3v) is 5.21. The quantitative estimate of drug-likeness (QED) is 0.821. The lowest BCUT2D eigenvalue weighted by atomic mass is 9.78. The third-order valence-electron chi connectivity index (χ3n) is 5.21. The summed E-state index contributed by atoms with van der Waals surface area (Å²) in [6.45, 7) is 3.25. The summed E-state index contributed by atoms with van der Waals surface area (Å²) < 4.78 is 10.5. The van der Waals surface area contributed by atoms with Gasteiger partial charge in [0.1, 0.15) is 6.61 Å². The molecule has 0 N–H and O–H groups in total. The second-order valence-electron chi connectivity index (χ2n) is 6.88. The summed E-state index contributed by atoms with van der Waals surface area (Å²) in [7, 11) is 1.64. The number of carbonyl (C=O) groups is 2. The van der Waals surface area contributed by atoms with Gasteiger partial charge in [-0.15, -0.1) is 0 Å². The van der Waals surface area contributed by atoms with Crippen molar-refractivity contribution in [3.63, 3.8) is 0 Å².